The summed E-state index contributed by atoms with van der Waals surface area (Å²) in [5.74, 6) is 0. The molecule has 2 nitrogen and oxygen atoms in total. The van der Waals surface area contributed by atoms with Crippen LogP contribution in [-0.4, -0.2) is 39.0 Å². The minimum absolute atomic E-state index is 0.458. The first-order valence-corrected chi connectivity index (χ1v) is 10.6. The van der Waals surface area contributed by atoms with E-state index >= 15 is 0 Å². The molecular weight excluding hydrogens is 402 g/mol. The van der Waals surface area contributed by atoms with Crippen LogP contribution in [-0.2, 0) is 0 Å². The van der Waals surface area contributed by atoms with Gasteiger partial charge in [-0.2, -0.15) is 0 Å². The van der Waals surface area contributed by atoms with Crippen molar-refractivity contribution in [2.24, 2.45) is 0 Å². The van der Waals surface area contributed by atoms with E-state index in [0.29, 0.717) is 29.0 Å². The minimum atomic E-state index is 0.458. The fourth-order valence-electron chi connectivity index (χ4n) is 2.40. The normalized spacial score (nSPS) is 10.7. The summed E-state index contributed by atoms with van der Waals surface area (Å²) in [4.78, 5) is 8.63. The van der Waals surface area contributed by atoms with E-state index in [9.17, 15) is 0 Å². The molecule has 0 aliphatic carbocycles. The molecule has 22 heavy (non-hydrogen) atoms. The molecule has 4 heteroatoms. The standard InChI is InChI=1S/C11H7NSe.C7H5NSe/c1-2-4-9-8(3-1)5-6-10-11(9)12-7-13-10;1-2-4-7-6(3-1)8-5-9-7/h1-7H;1-5H. The van der Waals surface area contributed by atoms with Crippen molar-refractivity contribution in [3.8, 4) is 0 Å². The molecule has 0 unspecified atom stereocenters. The van der Waals surface area contributed by atoms with E-state index < -0.39 is 0 Å². The zero-order valence-electron chi connectivity index (χ0n) is 11.6. The van der Waals surface area contributed by atoms with Gasteiger partial charge in [0.2, 0.25) is 0 Å². The third-order valence-corrected chi connectivity index (χ3v) is 6.83. The monoisotopic (exact) mass is 416 g/mol. The fraction of sp³-hybridized carbons (Fsp3) is 0. The predicted molar refractivity (Wildman–Crippen MR) is 94.9 cm³/mol. The quantitative estimate of drug-likeness (QED) is 0.361. The molecule has 106 valence electrons. The second kappa shape index (κ2) is 6.19. The molecule has 0 N–H and O–H groups in total. The first-order valence-electron chi connectivity index (χ1n) is 6.91. The van der Waals surface area contributed by atoms with Gasteiger partial charge in [-0.25, -0.2) is 0 Å². The van der Waals surface area contributed by atoms with Gasteiger partial charge in [0.1, 0.15) is 0 Å². The number of nitrogens with zero attached hydrogens (tertiary/aromatic N) is 2. The van der Waals surface area contributed by atoms with Crippen LogP contribution in [0, 0.1) is 0 Å². The number of hydrogen-bond acceptors (Lipinski definition) is 2. The van der Waals surface area contributed by atoms with Crippen molar-refractivity contribution in [2.45, 2.75) is 0 Å². The zero-order valence-corrected chi connectivity index (χ0v) is 15.1. The third kappa shape index (κ3) is 2.67. The molecule has 5 aromatic rings. The summed E-state index contributed by atoms with van der Waals surface area (Å²) >= 11 is 0.968. The van der Waals surface area contributed by atoms with E-state index in [0.717, 1.165) is 5.52 Å². The topological polar surface area (TPSA) is 25.8 Å². The number of hydrogen-bond donors (Lipinski definition) is 0. The molecule has 0 bridgehead atoms. The van der Waals surface area contributed by atoms with Gasteiger partial charge in [-0.05, 0) is 0 Å². The van der Waals surface area contributed by atoms with Crippen LogP contribution in [0.3, 0.4) is 0 Å². The van der Waals surface area contributed by atoms with Crippen molar-refractivity contribution >= 4 is 59.3 Å². The summed E-state index contributed by atoms with van der Waals surface area (Å²) < 4.78 is 2.82. The van der Waals surface area contributed by atoms with Crippen LogP contribution in [0.15, 0.2) is 70.8 Å². The van der Waals surface area contributed by atoms with E-state index in [1.165, 1.54) is 24.8 Å². The van der Waals surface area contributed by atoms with E-state index in [1.807, 2.05) is 16.2 Å². The Morgan fingerprint density at radius 3 is 2.36 bits per heavy atom. The molecule has 0 atom stereocenters. The van der Waals surface area contributed by atoms with Crippen LogP contribution >= 0.6 is 0 Å². The summed E-state index contributed by atoms with van der Waals surface area (Å²) in [6, 6.07) is 21.1. The molecule has 0 aliphatic rings. The molecule has 0 radical (unpaired) electrons. The van der Waals surface area contributed by atoms with Gasteiger partial charge >= 0.3 is 140 Å². The second-order valence-electron chi connectivity index (χ2n) is 4.81. The van der Waals surface area contributed by atoms with Gasteiger partial charge in [-0.3, -0.25) is 0 Å². The van der Waals surface area contributed by atoms with Gasteiger partial charge in [-0.15, -0.1) is 0 Å². The summed E-state index contributed by atoms with van der Waals surface area (Å²) in [5, 5.41) is 6.63. The molecule has 5 rings (SSSR count). The predicted octanol–water partition coefficient (Wildman–Crippen LogP) is 3.74. The van der Waals surface area contributed by atoms with E-state index in [2.05, 4.69) is 64.6 Å². The van der Waals surface area contributed by atoms with Crippen LogP contribution in [0.2, 0.25) is 0 Å². The Morgan fingerprint density at radius 1 is 0.636 bits per heavy atom. The van der Waals surface area contributed by atoms with E-state index in [1.54, 1.807) is 0 Å². The first kappa shape index (κ1) is 13.9. The van der Waals surface area contributed by atoms with Gasteiger partial charge in [0, 0.05) is 0 Å². The number of para-hydroxylation sites is 1. The van der Waals surface area contributed by atoms with Crippen molar-refractivity contribution in [3.05, 3.63) is 70.8 Å². The van der Waals surface area contributed by atoms with Gasteiger partial charge in [0.25, 0.3) is 0 Å². The van der Waals surface area contributed by atoms with Crippen LogP contribution in [0.5, 0.6) is 0 Å². The van der Waals surface area contributed by atoms with Crippen molar-refractivity contribution in [1.29, 1.82) is 0 Å². The maximum absolute atomic E-state index is 4.43. The molecule has 2 heterocycles. The van der Waals surface area contributed by atoms with Gasteiger partial charge in [0.05, 0.1) is 0 Å². The Kier molecular flexibility index (Phi) is 3.92. The van der Waals surface area contributed by atoms with Crippen molar-refractivity contribution in [2.75, 3.05) is 0 Å². The van der Waals surface area contributed by atoms with Crippen LogP contribution in [0.1, 0.15) is 0 Å². The van der Waals surface area contributed by atoms with Crippen LogP contribution < -0.4 is 0 Å². The second-order valence-corrected chi connectivity index (χ2v) is 8.53. The van der Waals surface area contributed by atoms with E-state index in [-0.39, 0.29) is 0 Å². The molecule has 0 amide bonds. The molecule has 0 fully saturated rings. The Morgan fingerprint density at radius 2 is 1.41 bits per heavy atom. The number of fused-ring (bicyclic) bond motifs is 4. The van der Waals surface area contributed by atoms with Crippen LogP contribution in [0.4, 0.5) is 0 Å². The van der Waals surface area contributed by atoms with Crippen molar-refractivity contribution < 1.29 is 0 Å². The average Bonchev–Trinajstić information content (AvgIpc) is 3.24. The Balaban J connectivity index is 0.000000122. The zero-order chi connectivity index (χ0) is 14.8. The van der Waals surface area contributed by atoms with Crippen molar-refractivity contribution in [1.82, 2.24) is 9.97 Å². The van der Waals surface area contributed by atoms with Gasteiger partial charge < -0.3 is 0 Å². The summed E-state index contributed by atoms with van der Waals surface area (Å²) in [6.07, 6.45) is 0. The average molecular weight is 414 g/mol. The number of benzene rings is 3. The number of rotatable bonds is 0. The van der Waals surface area contributed by atoms with E-state index in [4.69, 9.17) is 0 Å². The third-order valence-electron chi connectivity index (χ3n) is 3.46. The molecule has 3 aromatic carbocycles. The SMILES string of the molecule is c1ccc2[se]cnc2c1.c1ccc2c(c1)ccc1[se]cnc12. The Hall–Kier alpha value is -1.70. The molecule has 0 saturated carbocycles. The number of aromatic nitrogens is 2. The Labute approximate surface area is 139 Å². The summed E-state index contributed by atoms with van der Waals surface area (Å²) in [7, 11) is 0. The van der Waals surface area contributed by atoms with Gasteiger partial charge in [-0.1, -0.05) is 0 Å². The van der Waals surface area contributed by atoms with Crippen LogP contribution in [0.25, 0.3) is 30.3 Å². The Bertz CT molecular complexity index is 1020. The fourth-order valence-corrected chi connectivity index (χ4v) is 5.28. The summed E-state index contributed by atoms with van der Waals surface area (Å²) in [6.45, 7) is 0. The van der Waals surface area contributed by atoms with Crippen molar-refractivity contribution in [3.63, 3.8) is 0 Å². The molecular formula is C18H12N2Se2. The summed E-state index contributed by atoms with van der Waals surface area (Å²) in [5.41, 5.74) is 2.36. The maximum atomic E-state index is 4.43. The molecule has 2 aromatic heterocycles. The molecule has 0 spiro atoms. The molecule has 0 aliphatic heterocycles. The first-order chi connectivity index (χ1) is 10.9. The van der Waals surface area contributed by atoms with Gasteiger partial charge in [0.15, 0.2) is 0 Å². The molecule has 0 saturated heterocycles.